The van der Waals surface area contributed by atoms with E-state index in [0.717, 1.165) is 24.5 Å². The van der Waals surface area contributed by atoms with E-state index in [2.05, 4.69) is 4.98 Å². The van der Waals surface area contributed by atoms with Crippen LogP contribution in [-0.4, -0.2) is 28.1 Å². The van der Waals surface area contributed by atoms with Gasteiger partial charge >= 0.3 is 5.97 Å². The van der Waals surface area contributed by atoms with Gasteiger partial charge in [-0.1, -0.05) is 0 Å². The average Bonchev–Trinajstić information content (AvgIpc) is 2.71. The zero-order valence-electron chi connectivity index (χ0n) is 8.64. The first kappa shape index (κ1) is 10.4. The standard InChI is InChI=1S/C10H14N2O2S/c1-10(8(13)14)4-2-3-6-12(10)9-11-5-7-15-9/h5,7H,2-4,6H2,1H3,(H,13,14). The van der Waals surface area contributed by atoms with E-state index in [1.807, 2.05) is 10.3 Å². The predicted octanol–water partition coefficient (Wildman–Crippen LogP) is 1.98. The third-order valence-corrected chi connectivity index (χ3v) is 3.80. The number of anilines is 1. The molecule has 1 saturated heterocycles. The highest BCUT2D eigenvalue weighted by atomic mass is 32.1. The molecule has 0 aliphatic carbocycles. The second-order valence-corrected chi connectivity index (χ2v) is 4.88. The fraction of sp³-hybridized carbons (Fsp3) is 0.600. The minimum absolute atomic E-state index is 0.696. The molecule has 1 aliphatic heterocycles. The highest BCUT2D eigenvalue weighted by Crippen LogP contribution is 2.33. The molecule has 1 aromatic rings. The summed E-state index contributed by atoms with van der Waals surface area (Å²) in [5, 5.41) is 12.0. The van der Waals surface area contributed by atoms with Crippen molar-refractivity contribution in [1.82, 2.24) is 4.98 Å². The van der Waals surface area contributed by atoms with Crippen LogP contribution >= 0.6 is 11.3 Å². The van der Waals surface area contributed by atoms with Crippen molar-refractivity contribution in [2.24, 2.45) is 0 Å². The first-order chi connectivity index (χ1) is 7.14. The molecule has 15 heavy (non-hydrogen) atoms. The van der Waals surface area contributed by atoms with E-state index in [1.54, 1.807) is 13.1 Å². The molecule has 0 saturated carbocycles. The average molecular weight is 226 g/mol. The quantitative estimate of drug-likeness (QED) is 0.837. The molecule has 0 spiro atoms. The third-order valence-electron chi connectivity index (χ3n) is 3.00. The maximum Gasteiger partial charge on any atom is 0.329 e. The highest BCUT2D eigenvalue weighted by Gasteiger charge is 2.42. The predicted molar refractivity (Wildman–Crippen MR) is 59.4 cm³/mol. The molecule has 0 bridgehead atoms. The summed E-state index contributed by atoms with van der Waals surface area (Å²) in [7, 11) is 0. The number of carboxylic acids is 1. The third kappa shape index (κ3) is 1.71. The molecular formula is C10H14N2O2S. The Balaban J connectivity index is 2.31. The normalized spacial score (nSPS) is 26.6. The van der Waals surface area contributed by atoms with Crippen LogP contribution < -0.4 is 4.90 Å². The van der Waals surface area contributed by atoms with Crippen LogP contribution in [0.25, 0.3) is 0 Å². The van der Waals surface area contributed by atoms with Gasteiger partial charge in [-0.15, -0.1) is 11.3 Å². The molecule has 4 nitrogen and oxygen atoms in total. The summed E-state index contributed by atoms with van der Waals surface area (Å²) in [5.41, 5.74) is -0.782. The van der Waals surface area contributed by atoms with Crippen LogP contribution in [0.15, 0.2) is 11.6 Å². The van der Waals surface area contributed by atoms with E-state index >= 15 is 0 Å². The number of carbonyl (C=O) groups is 1. The zero-order chi connectivity index (χ0) is 10.9. The lowest BCUT2D eigenvalue weighted by Crippen LogP contribution is -2.55. The molecule has 1 atom stereocenters. The summed E-state index contributed by atoms with van der Waals surface area (Å²) in [6.07, 6.45) is 4.44. The molecule has 1 unspecified atom stereocenters. The SMILES string of the molecule is CC1(C(=O)O)CCCCN1c1nccs1. The van der Waals surface area contributed by atoms with Crippen LogP contribution in [0.5, 0.6) is 0 Å². The Morgan fingerprint density at radius 1 is 1.67 bits per heavy atom. The lowest BCUT2D eigenvalue weighted by Gasteiger charge is -2.41. The fourth-order valence-electron chi connectivity index (χ4n) is 2.00. The molecule has 2 rings (SSSR count). The number of rotatable bonds is 2. The molecule has 0 radical (unpaired) electrons. The Labute approximate surface area is 92.6 Å². The number of carboxylic acid groups (broad SMARTS) is 1. The van der Waals surface area contributed by atoms with Gasteiger partial charge in [-0.05, 0) is 26.2 Å². The van der Waals surface area contributed by atoms with E-state index in [1.165, 1.54) is 11.3 Å². The number of thiazole rings is 1. The number of aromatic nitrogens is 1. The van der Waals surface area contributed by atoms with Gasteiger partial charge in [0.2, 0.25) is 0 Å². The van der Waals surface area contributed by atoms with Crippen LogP contribution in [0.1, 0.15) is 26.2 Å². The van der Waals surface area contributed by atoms with Crippen molar-refractivity contribution in [2.45, 2.75) is 31.7 Å². The number of aliphatic carboxylic acids is 1. The second kappa shape index (κ2) is 3.81. The van der Waals surface area contributed by atoms with E-state index in [9.17, 15) is 9.90 Å². The van der Waals surface area contributed by atoms with Crippen molar-refractivity contribution in [3.63, 3.8) is 0 Å². The minimum atomic E-state index is -0.782. The number of piperidine rings is 1. The van der Waals surface area contributed by atoms with Crippen LogP contribution in [0.2, 0.25) is 0 Å². The molecule has 1 aliphatic rings. The second-order valence-electron chi connectivity index (χ2n) is 4.00. The maximum absolute atomic E-state index is 11.3. The Morgan fingerprint density at radius 2 is 2.47 bits per heavy atom. The highest BCUT2D eigenvalue weighted by molar-refractivity contribution is 7.13. The van der Waals surface area contributed by atoms with Crippen LogP contribution in [-0.2, 0) is 4.79 Å². The van der Waals surface area contributed by atoms with Gasteiger partial charge in [-0.3, -0.25) is 0 Å². The Kier molecular flexibility index (Phi) is 2.65. The molecule has 1 aromatic heterocycles. The van der Waals surface area contributed by atoms with Crippen molar-refractivity contribution >= 4 is 22.4 Å². The van der Waals surface area contributed by atoms with Gasteiger partial charge in [0.25, 0.3) is 0 Å². The molecule has 1 fully saturated rings. The molecule has 2 heterocycles. The van der Waals surface area contributed by atoms with Crippen molar-refractivity contribution in [1.29, 1.82) is 0 Å². The number of nitrogens with zero attached hydrogens (tertiary/aromatic N) is 2. The van der Waals surface area contributed by atoms with Crippen molar-refractivity contribution < 1.29 is 9.90 Å². The van der Waals surface area contributed by atoms with Crippen LogP contribution in [0.3, 0.4) is 0 Å². The summed E-state index contributed by atoms with van der Waals surface area (Å²) in [6.45, 7) is 2.58. The van der Waals surface area contributed by atoms with Crippen molar-refractivity contribution in [3.05, 3.63) is 11.6 Å². The van der Waals surface area contributed by atoms with Crippen LogP contribution in [0.4, 0.5) is 5.13 Å². The monoisotopic (exact) mass is 226 g/mol. The minimum Gasteiger partial charge on any atom is -0.480 e. The van der Waals surface area contributed by atoms with E-state index in [0.29, 0.717) is 6.42 Å². The van der Waals surface area contributed by atoms with E-state index in [4.69, 9.17) is 0 Å². The summed E-state index contributed by atoms with van der Waals surface area (Å²) in [4.78, 5) is 17.4. The first-order valence-electron chi connectivity index (χ1n) is 5.05. The van der Waals surface area contributed by atoms with E-state index in [-0.39, 0.29) is 0 Å². The molecule has 5 heteroatoms. The van der Waals surface area contributed by atoms with Gasteiger partial charge in [0.05, 0.1) is 0 Å². The van der Waals surface area contributed by atoms with Crippen molar-refractivity contribution in [2.75, 3.05) is 11.4 Å². The Morgan fingerprint density at radius 3 is 3.07 bits per heavy atom. The van der Waals surface area contributed by atoms with Gasteiger partial charge in [-0.25, -0.2) is 9.78 Å². The lowest BCUT2D eigenvalue weighted by molar-refractivity contribution is -0.143. The van der Waals surface area contributed by atoms with E-state index < -0.39 is 11.5 Å². The topological polar surface area (TPSA) is 53.4 Å². The summed E-state index contributed by atoms with van der Waals surface area (Å²) >= 11 is 1.50. The number of hydrogen-bond donors (Lipinski definition) is 1. The lowest BCUT2D eigenvalue weighted by atomic mass is 9.89. The maximum atomic E-state index is 11.3. The summed E-state index contributed by atoms with van der Waals surface area (Å²) in [5.74, 6) is -0.752. The molecular weight excluding hydrogens is 212 g/mol. The van der Waals surface area contributed by atoms with Crippen molar-refractivity contribution in [3.8, 4) is 0 Å². The molecule has 0 amide bonds. The summed E-state index contributed by atoms with van der Waals surface area (Å²) in [6, 6.07) is 0. The van der Waals surface area contributed by atoms with Crippen LogP contribution in [0, 0.1) is 0 Å². The van der Waals surface area contributed by atoms with Gasteiger partial charge < -0.3 is 10.0 Å². The number of hydrogen-bond acceptors (Lipinski definition) is 4. The van der Waals surface area contributed by atoms with Gasteiger partial charge in [0.15, 0.2) is 5.13 Å². The Hall–Kier alpha value is -1.10. The summed E-state index contributed by atoms with van der Waals surface area (Å²) < 4.78 is 0. The molecule has 0 aromatic carbocycles. The fourth-order valence-corrected chi connectivity index (χ4v) is 2.78. The first-order valence-corrected chi connectivity index (χ1v) is 5.93. The van der Waals surface area contributed by atoms with Gasteiger partial charge in [-0.2, -0.15) is 0 Å². The molecule has 1 N–H and O–H groups in total. The van der Waals surface area contributed by atoms with Gasteiger partial charge in [0.1, 0.15) is 5.54 Å². The molecule has 82 valence electrons. The van der Waals surface area contributed by atoms with Gasteiger partial charge in [0, 0.05) is 18.1 Å². The smallest absolute Gasteiger partial charge is 0.329 e. The largest absolute Gasteiger partial charge is 0.480 e. The zero-order valence-corrected chi connectivity index (χ0v) is 9.46. The Bertz CT molecular complexity index is 352.